The van der Waals surface area contributed by atoms with Crippen LogP contribution in [0.25, 0.3) is 31.4 Å². The zero-order valence-corrected chi connectivity index (χ0v) is 18.7. The van der Waals surface area contributed by atoms with Crippen LogP contribution in [0.2, 0.25) is 0 Å². The second kappa shape index (κ2) is 8.02. The largest absolute Gasteiger partial charge is 0.255 e. The number of halogens is 1. The predicted octanol–water partition coefficient (Wildman–Crippen LogP) is 8.26. The minimum absolute atomic E-state index is 0.199. The van der Waals surface area contributed by atoms with E-state index < -0.39 is 0 Å². The number of hydrogen-bond acceptors (Lipinski definition) is 2. The molecule has 6 rings (SSSR count). The topological polar surface area (TPSA) is 12.9 Å². The van der Waals surface area contributed by atoms with Crippen molar-refractivity contribution in [1.82, 2.24) is 4.98 Å². The van der Waals surface area contributed by atoms with Crippen molar-refractivity contribution in [3.8, 4) is 11.3 Å². The summed E-state index contributed by atoms with van der Waals surface area (Å²) in [5, 5.41) is 2.82. The van der Waals surface area contributed by atoms with Crippen LogP contribution in [0.5, 0.6) is 0 Å². The molecule has 2 aromatic carbocycles. The molecule has 4 aromatic rings. The van der Waals surface area contributed by atoms with Crippen LogP contribution in [-0.2, 0) is 19.3 Å². The van der Waals surface area contributed by atoms with E-state index in [0.717, 1.165) is 17.2 Å². The Hall–Kier alpha value is -2.26. The molecule has 0 spiro atoms. The first kappa shape index (κ1) is 19.4. The fraction of sp³-hybridized carbons (Fsp3) is 0.393. The van der Waals surface area contributed by atoms with Crippen molar-refractivity contribution in [3.05, 3.63) is 65.1 Å². The second-order valence-electron chi connectivity index (χ2n) is 9.43. The minimum Gasteiger partial charge on any atom is -0.255 e. The highest BCUT2D eigenvalue weighted by molar-refractivity contribution is 7.26. The Labute approximate surface area is 187 Å². The quantitative estimate of drug-likeness (QED) is 0.319. The molecule has 0 radical (unpaired) electrons. The Morgan fingerprint density at radius 2 is 1.74 bits per heavy atom. The summed E-state index contributed by atoms with van der Waals surface area (Å²) in [6.45, 7) is 0. The summed E-state index contributed by atoms with van der Waals surface area (Å²) >= 11 is 1.88. The normalized spacial score (nSPS) is 17.3. The minimum atomic E-state index is -0.199. The molecule has 31 heavy (non-hydrogen) atoms. The van der Waals surface area contributed by atoms with Crippen molar-refractivity contribution in [1.29, 1.82) is 0 Å². The maximum absolute atomic E-state index is 13.5. The maximum atomic E-state index is 13.5. The van der Waals surface area contributed by atoms with E-state index in [1.54, 1.807) is 16.7 Å². The first-order valence-electron chi connectivity index (χ1n) is 11.9. The van der Waals surface area contributed by atoms with E-state index in [1.807, 2.05) is 29.7 Å². The molecule has 2 heterocycles. The first-order valence-corrected chi connectivity index (χ1v) is 12.7. The summed E-state index contributed by atoms with van der Waals surface area (Å²) in [4.78, 5) is 4.73. The van der Waals surface area contributed by atoms with Crippen LogP contribution in [0, 0.1) is 11.7 Å². The molecule has 0 aliphatic heterocycles. The fourth-order valence-corrected chi connectivity index (χ4v) is 7.22. The van der Waals surface area contributed by atoms with Gasteiger partial charge < -0.3 is 0 Å². The van der Waals surface area contributed by atoms with Crippen LogP contribution >= 0.6 is 11.3 Å². The van der Waals surface area contributed by atoms with Gasteiger partial charge >= 0.3 is 0 Å². The number of nitrogens with zero attached hydrogens (tertiary/aromatic N) is 1. The SMILES string of the molecule is Fc1ccc(-c2nccc3c2sc2cc4c(c(CC5CCCCC5)c23)CCCC4)cc1. The fourth-order valence-electron chi connectivity index (χ4n) is 5.92. The lowest BCUT2D eigenvalue weighted by atomic mass is 9.79. The molecule has 0 saturated heterocycles. The van der Waals surface area contributed by atoms with Crippen LogP contribution in [0.4, 0.5) is 4.39 Å². The molecular formula is C28H28FNS. The van der Waals surface area contributed by atoms with Crippen molar-refractivity contribution in [2.45, 2.75) is 64.2 Å². The van der Waals surface area contributed by atoms with E-state index in [1.165, 1.54) is 96.5 Å². The van der Waals surface area contributed by atoms with E-state index in [0.29, 0.717) is 0 Å². The Kier molecular flexibility index (Phi) is 5.02. The highest BCUT2D eigenvalue weighted by Gasteiger charge is 2.24. The Bertz CT molecular complexity index is 1250. The van der Waals surface area contributed by atoms with Crippen molar-refractivity contribution < 1.29 is 4.39 Å². The Balaban J connectivity index is 1.58. The zero-order valence-electron chi connectivity index (χ0n) is 17.9. The Morgan fingerprint density at radius 3 is 2.58 bits per heavy atom. The summed E-state index contributed by atoms with van der Waals surface area (Å²) < 4.78 is 16.2. The second-order valence-corrected chi connectivity index (χ2v) is 10.5. The van der Waals surface area contributed by atoms with Crippen LogP contribution in [0.3, 0.4) is 0 Å². The standard InChI is InChI=1S/C28H28FNS/c29-21-12-10-19(11-13-21)27-28-23(14-15-30-27)26-24(16-18-6-2-1-3-7-18)22-9-5-4-8-20(22)17-25(26)31-28/h10-15,17-18H,1-9,16H2. The lowest BCUT2D eigenvalue weighted by Gasteiger charge is -2.26. The van der Waals surface area contributed by atoms with Gasteiger partial charge in [0.05, 0.1) is 10.4 Å². The van der Waals surface area contributed by atoms with E-state index in [4.69, 9.17) is 4.98 Å². The molecule has 2 aromatic heterocycles. The van der Waals surface area contributed by atoms with Gasteiger partial charge in [0.15, 0.2) is 0 Å². The maximum Gasteiger partial charge on any atom is 0.123 e. The van der Waals surface area contributed by atoms with Gasteiger partial charge in [0.2, 0.25) is 0 Å². The van der Waals surface area contributed by atoms with Crippen molar-refractivity contribution in [3.63, 3.8) is 0 Å². The van der Waals surface area contributed by atoms with Gasteiger partial charge in [-0.2, -0.15) is 0 Å². The molecule has 0 atom stereocenters. The predicted molar refractivity (Wildman–Crippen MR) is 129 cm³/mol. The summed E-state index contributed by atoms with van der Waals surface area (Å²) in [7, 11) is 0. The zero-order chi connectivity index (χ0) is 20.8. The average Bonchev–Trinajstić information content (AvgIpc) is 3.18. The first-order chi connectivity index (χ1) is 15.3. The van der Waals surface area contributed by atoms with E-state index in [9.17, 15) is 4.39 Å². The van der Waals surface area contributed by atoms with Gasteiger partial charge in [-0.25, -0.2) is 4.39 Å². The smallest absolute Gasteiger partial charge is 0.123 e. The van der Waals surface area contributed by atoms with Crippen LogP contribution in [0.1, 0.15) is 61.6 Å². The number of hydrogen-bond donors (Lipinski definition) is 0. The number of aryl methyl sites for hydroxylation is 1. The van der Waals surface area contributed by atoms with Crippen LogP contribution in [0.15, 0.2) is 42.6 Å². The summed E-state index contributed by atoms with van der Waals surface area (Å²) in [6.07, 6.45) is 15.2. The third-order valence-corrected chi connectivity index (χ3v) is 8.61. The number of pyridine rings is 1. The molecule has 1 saturated carbocycles. The van der Waals surface area contributed by atoms with Gasteiger partial charge in [0.1, 0.15) is 5.82 Å². The van der Waals surface area contributed by atoms with Crippen LogP contribution < -0.4 is 0 Å². The highest BCUT2D eigenvalue weighted by atomic mass is 32.1. The number of thiophene rings is 1. The molecule has 1 nitrogen and oxygen atoms in total. The van der Waals surface area contributed by atoms with Crippen LogP contribution in [-0.4, -0.2) is 4.98 Å². The molecule has 0 N–H and O–H groups in total. The van der Waals surface area contributed by atoms with E-state index in [2.05, 4.69) is 12.1 Å². The van der Waals surface area contributed by atoms with E-state index in [-0.39, 0.29) is 5.82 Å². The number of aromatic nitrogens is 1. The van der Waals surface area contributed by atoms with Gasteiger partial charge in [-0.15, -0.1) is 11.3 Å². The van der Waals surface area contributed by atoms with E-state index >= 15 is 0 Å². The molecule has 0 unspecified atom stereocenters. The van der Waals surface area contributed by atoms with Gasteiger partial charge in [0, 0.05) is 27.2 Å². The molecule has 2 aliphatic carbocycles. The molecule has 2 aliphatic rings. The third-order valence-electron chi connectivity index (χ3n) is 7.45. The summed E-state index contributed by atoms with van der Waals surface area (Å²) in [5.41, 5.74) is 6.87. The molecule has 0 amide bonds. The lowest BCUT2D eigenvalue weighted by Crippen LogP contribution is -2.13. The number of rotatable bonds is 3. The Morgan fingerprint density at radius 1 is 0.935 bits per heavy atom. The average molecular weight is 430 g/mol. The monoisotopic (exact) mass is 429 g/mol. The third kappa shape index (κ3) is 3.47. The van der Waals surface area contributed by atoms with Gasteiger partial charge in [0.25, 0.3) is 0 Å². The van der Waals surface area contributed by atoms with Gasteiger partial charge in [-0.3, -0.25) is 4.98 Å². The number of benzene rings is 2. The number of fused-ring (bicyclic) bond motifs is 4. The van der Waals surface area contributed by atoms with Crippen molar-refractivity contribution in [2.24, 2.45) is 5.92 Å². The molecule has 158 valence electrons. The van der Waals surface area contributed by atoms with Gasteiger partial charge in [-0.05, 0) is 91.1 Å². The van der Waals surface area contributed by atoms with Crippen molar-refractivity contribution >= 4 is 31.5 Å². The molecular weight excluding hydrogens is 401 g/mol. The molecule has 1 fully saturated rings. The molecule has 3 heteroatoms. The van der Waals surface area contributed by atoms with Crippen molar-refractivity contribution in [2.75, 3.05) is 0 Å². The highest BCUT2D eigenvalue weighted by Crippen LogP contribution is 2.44. The summed E-state index contributed by atoms with van der Waals surface area (Å²) in [5.74, 6) is 0.633. The van der Waals surface area contributed by atoms with Gasteiger partial charge in [-0.1, -0.05) is 32.1 Å². The lowest BCUT2D eigenvalue weighted by molar-refractivity contribution is 0.356. The molecule has 0 bridgehead atoms. The summed E-state index contributed by atoms with van der Waals surface area (Å²) in [6, 6.07) is 11.5.